The summed E-state index contributed by atoms with van der Waals surface area (Å²) in [5.74, 6) is -0.922. The second kappa shape index (κ2) is 6.12. The maximum Gasteiger partial charge on any atom is 0.315 e. The zero-order valence-electron chi connectivity index (χ0n) is 8.95. The van der Waals surface area contributed by atoms with Gasteiger partial charge in [0.05, 0.1) is 13.0 Å². The minimum atomic E-state index is -0.922. The molecule has 0 aliphatic rings. The number of aliphatic carboxylic acids is 1. The van der Waals surface area contributed by atoms with Gasteiger partial charge in [0.1, 0.15) is 0 Å². The van der Waals surface area contributed by atoms with Gasteiger partial charge < -0.3 is 15.7 Å². The summed E-state index contributed by atoms with van der Waals surface area (Å²) in [5.41, 5.74) is 1.15. The minimum Gasteiger partial charge on any atom is -0.481 e. The van der Waals surface area contributed by atoms with Crippen LogP contribution in [0.3, 0.4) is 0 Å². The Kier molecular flexibility index (Phi) is 4.78. The summed E-state index contributed by atoms with van der Waals surface area (Å²) < 4.78 is 0. The van der Waals surface area contributed by atoms with Gasteiger partial charge >= 0.3 is 12.0 Å². The molecule has 0 bridgehead atoms. The van der Waals surface area contributed by atoms with Crippen molar-refractivity contribution in [2.75, 3.05) is 6.54 Å². The summed E-state index contributed by atoms with van der Waals surface area (Å²) in [6.45, 7) is 2.60. The lowest BCUT2D eigenvalue weighted by molar-refractivity contribution is -0.136. The molecule has 0 radical (unpaired) electrons. The van der Waals surface area contributed by atoms with Gasteiger partial charge in [0.2, 0.25) is 0 Å². The molecular formula is C10H14N2O3S. The normalized spacial score (nSPS) is 9.81. The van der Waals surface area contributed by atoms with Crippen molar-refractivity contribution >= 4 is 23.3 Å². The standard InChI is InChI=1S/C10H14N2O3S/c1-7-3-5-16-8(7)6-12-10(15)11-4-2-9(13)14/h3,5H,2,4,6H2,1H3,(H,13,14)(H2,11,12,15). The van der Waals surface area contributed by atoms with Gasteiger partial charge in [-0.25, -0.2) is 4.79 Å². The van der Waals surface area contributed by atoms with Crippen LogP contribution in [-0.4, -0.2) is 23.7 Å². The molecule has 0 aliphatic heterocycles. The number of nitrogens with one attached hydrogen (secondary N) is 2. The molecule has 0 aliphatic carbocycles. The first kappa shape index (κ1) is 12.5. The van der Waals surface area contributed by atoms with E-state index in [1.54, 1.807) is 11.3 Å². The predicted molar refractivity (Wildman–Crippen MR) is 61.5 cm³/mol. The van der Waals surface area contributed by atoms with Crippen LogP contribution in [0.25, 0.3) is 0 Å². The second-order valence-corrected chi connectivity index (χ2v) is 4.28. The first-order chi connectivity index (χ1) is 7.59. The summed E-state index contributed by atoms with van der Waals surface area (Å²) in [5, 5.41) is 15.5. The quantitative estimate of drug-likeness (QED) is 0.729. The number of carbonyl (C=O) groups is 2. The molecule has 0 unspecified atom stereocenters. The van der Waals surface area contributed by atoms with Crippen molar-refractivity contribution in [3.8, 4) is 0 Å². The average Bonchev–Trinajstić information content (AvgIpc) is 2.60. The van der Waals surface area contributed by atoms with Crippen molar-refractivity contribution in [2.45, 2.75) is 19.9 Å². The van der Waals surface area contributed by atoms with Gasteiger partial charge in [-0.2, -0.15) is 0 Å². The van der Waals surface area contributed by atoms with Crippen LogP contribution in [0.2, 0.25) is 0 Å². The molecule has 1 aromatic rings. The van der Waals surface area contributed by atoms with Crippen LogP contribution < -0.4 is 10.6 Å². The Labute approximate surface area is 97.5 Å². The van der Waals surface area contributed by atoms with Gasteiger partial charge in [-0.3, -0.25) is 4.79 Å². The monoisotopic (exact) mass is 242 g/mol. The summed E-state index contributed by atoms with van der Waals surface area (Å²) in [4.78, 5) is 22.5. The summed E-state index contributed by atoms with van der Waals surface area (Å²) in [7, 11) is 0. The Morgan fingerprint density at radius 2 is 2.19 bits per heavy atom. The van der Waals surface area contributed by atoms with Crippen LogP contribution in [0.15, 0.2) is 11.4 Å². The van der Waals surface area contributed by atoms with E-state index in [9.17, 15) is 9.59 Å². The molecule has 1 rings (SSSR count). The number of aryl methyl sites for hydroxylation is 1. The highest BCUT2D eigenvalue weighted by molar-refractivity contribution is 7.10. The highest BCUT2D eigenvalue weighted by Crippen LogP contribution is 2.14. The number of carboxylic acids is 1. The fourth-order valence-electron chi connectivity index (χ4n) is 1.09. The lowest BCUT2D eigenvalue weighted by atomic mass is 10.3. The van der Waals surface area contributed by atoms with E-state index in [0.717, 1.165) is 10.4 Å². The molecule has 6 heteroatoms. The highest BCUT2D eigenvalue weighted by Gasteiger charge is 2.04. The zero-order valence-corrected chi connectivity index (χ0v) is 9.76. The number of carbonyl (C=O) groups excluding carboxylic acids is 1. The van der Waals surface area contributed by atoms with Gasteiger partial charge in [-0.15, -0.1) is 11.3 Å². The van der Waals surface area contributed by atoms with E-state index in [-0.39, 0.29) is 19.0 Å². The molecule has 1 aromatic heterocycles. The molecule has 0 fully saturated rings. The Hall–Kier alpha value is -1.56. The van der Waals surface area contributed by atoms with E-state index in [0.29, 0.717) is 6.54 Å². The van der Waals surface area contributed by atoms with Crippen molar-refractivity contribution in [3.63, 3.8) is 0 Å². The van der Waals surface area contributed by atoms with Crippen molar-refractivity contribution < 1.29 is 14.7 Å². The average molecular weight is 242 g/mol. The van der Waals surface area contributed by atoms with E-state index < -0.39 is 5.97 Å². The van der Waals surface area contributed by atoms with E-state index >= 15 is 0 Å². The topological polar surface area (TPSA) is 78.4 Å². The van der Waals surface area contributed by atoms with Crippen LogP contribution in [0, 0.1) is 6.92 Å². The predicted octanol–water partition coefficient (Wildman–Crippen LogP) is 1.33. The largest absolute Gasteiger partial charge is 0.481 e. The van der Waals surface area contributed by atoms with Gasteiger partial charge in [0.25, 0.3) is 0 Å². The molecule has 0 atom stereocenters. The Balaban J connectivity index is 2.20. The first-order valence-corrected chi connectivity index (χ1v) is 5.74. The van der Waals surface area contributed by atoms with Crippen LogP contribution in [0.1, 0.15) is 16.9 Å². The molecule has 0 saturated heterocycles. The molecule has 2 amide bonds. The van der Waals surface area contributed by atoms with Gasteiger partial charge in [0, 0.05) is 11.4 Å². The summed E-state index contributed by atoms with van der Waals surface area (Å²) in [6, 6.07) is 1.65. The molecule has 0 spiro atoms. The molecule has 88 valence electrons. The molecule has 0 aromatic carbocycles. The number of urea groups is 1. The lowest BCUT2D eigenvalue weighted by Gasteiger charge is -2.05. The molecule has 16 heavy (non-hydrogen) atoms. The van der Waals surface area contributed by atoms with E-state index in [2.05, 4.69) is 10.6 Å². The van der Waals surface area contributed by atoms with Crippen LogP contribution in [0.4, 0.5) is 4.79 Å². The van der Waals surface area contributed by atoms with Crippen molar-refractivity contribution in [3.05, 3.63) is 21.9 Å². The Morgan fingerprint density at radius 1 is 1.44 bits per heavy atom. The third-order valence-corrected chi connectivity index (χ3v) is 3.03. The van der Waals surface area contributed by atoms with Crippen LogP contribution >= 0.6 is 11.3 Å². The maximum atomic E-state index is 11.2. The second-order valence-electron chi connectivity index (χ2n) is 3.28. The van der Waals surface area contributed by atoms with Crippen molar-refractivity contribution in [2.24, 2.45) is 0 Å². The number of carboxylic acid groups (broad SMARTS) is 1. The third-order valence-electron chi connectivity index (χ3n) is 2.00. The smallest absolute Gasteiger partial charge is 0.315 e. The SMILES string of the molecule is Cc1ccsc1CNC(=O)NCCC(=O)O. The number of hydrogen-bond acceptors (Lipinski definition) is 3. The molecule has 1 heterocycles. The van der Waals surface area contributed by atoms with Gasteiger partial charge in [0.15, 0.2) is 0 Å². The summed E-state index contributed by atoms with van der Waals surface area (Å²) >= 11 is 1.58. The van der Waals surface area contributed by atoms with Gasteiger partial charge in [-0.1, -0.05) is 0 Å². The maximum absolute atomic E-state index is 11.2. The molecule has 3 N–H and O–H groups in total. The highest BCUT2D eigenvalue weighted by atomic mass is 32.1. The first-order valence-electron chi connectivity index (χ1n) is 4.86. The zero-order chi connectivity index (χ0) is 12.0. The molecule has 0 saturated carbocycles. The van der Waals surface area contributed by atoms with E-state index in [1.807, 2.05) is 18.4 Å². The lowest BCUT2D eigenvalue weighted by Crippen LogP contribution is -2.36. The Morgan fingerprint density at radius 3 is 2.75 bits per heavy atom. The molecular weight excluding hydrogens is 228 g/mol. The van der Waals surface area contributed by atoms with Crippen LogP contribution in [0.5, 0.6) is 0 Å². The van der Waals surface area contributed by atoms with Crippen LogP contribution in [-0.2, 0) is 11.3 Å². The summed E-state index contributed by atoms with van der Waals surface area (Å²) in [6.07, 6.45) is -0.0640. The minimum absolute atomic E-state index is 0.0640. The van der Waals surface area contributed by atoms with Gasteiger partial charge in [-0.05, 0) is 23.9 Å². The third kappa shape index (κ3) is 4.31. The number of amides is 2. The number of rotatable bonds is 5. The van der Waals surface area contributed by atoms with Crippen molar-refractivity contribution in [1.29, 1.82) is 0 Å². The fourth-order valence-corrected chi connectivity index (χ4v) is 1.94. The van der Waals surface area contributed by atoms with E-state index in [4.69, 9.17) is 5.11 Å². The van der Waals surface area contributed by atoms with Crippen molar-refractivity contribution in [1.82, 2.24) is 10.6 Å². The van der Waals surface area contributed by atoms with E-state index in [1.165, 1.54) is 0 Å². The molecule has 5 nitrogen and oxygen atoms in total. The fraction of sp³-hybridized carbons (Fsp3) is 0.400. The number of thiophene rings is 1. The number of hydrogen-bond donors (Lipinski definition) is 3. The Bertz CT molecular complexity index is 376.